The van der Waals surface area contributed by atoms with E-state index >= 15 is 0 Å². The van der Waals surface area contributed by atoms with Gasteiger partial charge in [-0.05, 0) is 43.2 Å². The SMILES string of the molecule is CN(CC(C)(C)N)C(=O)Oc1c(-c2ccc(Cl)cc2)cc(C(F)(F)F)n1Cc1ccccc1. The largest absolute Gasteiger partial charge is 0.431 e. The second-order valence-electron chi connectivity index (χ2n) is 8.54. The van der Waals surface area contributed by atoms with Crippen molar-refractivity contribution in [3.8, 4) is 17.0 Å². The maximum atomic E-state index is 14.0. The molecule has 9 heteroatoms. The van der Waals surface area contributed by atoms with Crippen LogP contribution < -0.4 is 10.5 Å². The van der Waals surface area contributed by atoms with Gasteiger partial charge in [0.05, 0.1) is 6.54 Å². The molecule has 1 amide bonds. The molecule has 0 bridgehead atoms. The van der Waals surface area contributed by atoms with Crippen LogP contribution in [0.1, 0.15) is 25.1 Å². The number of carbonyl (C=O) groups excluding carboxylic acids is 1. The molecule has 0 saturated carbocycles. The minimum Gasteiger partial charge on any atom is -0.392 e. The molecule has 1 aromatic heterocycles. The molecule has 176 valence electrons. The Hall–Kier alpha value is -2.97. The van der Waals surface area contributed by atoms with Gasteiger partial charge in [0.1, 0.15) is 5.69 Å². The van der Waals surface area contributed by atoms with Crippen molar-refractivity contribution in [3.05, 3.63) is 76.9 Å². The number of halogens is 4. The lowest BCUT2D eigenvalue weighted by molar-refractivity contribution is -0.143. The molecule has 0 aliphatic rings. The zero-order chi connectivity index (χ0) is 24.4. The monoisotopic (exact) mass is 479 g/mol. The quantitative estimate of drug-likeness (QED) is 0.468. The number of amides is 1. The number of aromatic nitrogens is 1. The molecule has 2 aromatic carbocycles. The van der Waals surface area contributed by atoms with Crippen LogP contribution in [0.2, 0.25) is 5.02 Å². The number of hydrogen-bond acceptors (Lipinski definition) is 3. The van der Waals surface area contributed by atoms with Gasteiger partial charge in [0.2, 0.25) is 5.88 Å². The van der Waals surface area contributed by atoms with Crippen LogP contribution in [0.4, 0.5) is 18.0 Å². The zero-order valence-corrected chi connectivity index (χ0v) is 19.2. The van der Waals surface area contributed by atoms with E-state index in [2.05, 4.69) is 0 Å². The lowest BCUT2D eigenvalue weighted by Gasteiger charge is -2.26. The Morgan fingerprint density at radius 3 is 2.24 bits per heavy atom. The van der Waals surface area contributed by atoms with Crippen molar-refractivity contribution in [2.75, 3.05) is 13.6 Å². The molecule has 3 aromatic rings. The first-order valence-corrected chi connectivity index (χ1v) is 10.6. The van der Waals surface area contributed by atoms with Crippen LogP contribution in [-0.4, -0.2) is 34.7 Å². The van der Waals surface area contributed by atoms with Crippen LogP contribution in [0.3, 0.4) is 0 Å². The third-order valence-corrected chi connectivity index (χ3v) is 5.07. The number of ether oxygens (including phenoxy) is 1. The molecular weight excluding hydrogens is 455 g/mol. The summed E-state index contributed by atoms with van der Waals surface area (Å²) in [5.74, 6) is -0.208. The van der Waals surface area contributed by atoms with Crippen molar-refractivity contribution in [3.63, 3.8) is 0 Å². The molecule has 0 aliphatic heterocycles. The third kappa shape index (κ3) is 6.30. The van der Waals surface area contributed by atoms with E-state index in [1.807, 2.05) is 0 Å². The Morgan fingerprint density at radius 2 is 1.70 bits per heavy atom. The summed E-state index contributed by atoms with van der Waals surface area (Å²) in [6.45, 7) is 3.47. The summed E-state index contributed by atoms with van der Waals surface area (Å²) in [4.78, 5) is 14.1. The lowest BCUT2D eigenvalue weighted by Crippen LogP contribution is -2.46. The Morgan fingerprint density at radius 1 is 1.09 bits per heavy atom. The number of benzene rings is 2. The number of hydrogen-bond donors (Lipinski definition) is 1. The fourth-order valence-corrected chi connectivity index (χ4v) is 3.60. The van der Waals surface area contributed by atoms with E-state index in [-0.39, 0.29) is 24.5 Å². The fourth-order valence-electron chi connectivity index (χ4n) is 3.47. The molecule has 3 rings (SSSR count). The van der Waals surface area contributed by atoms with Gasteiger partial charge in [-0.25, -0.2) is 4.79 Å². The van der Waals surface area contributed by atoms with Gasteiger partial charge in [0.15, 0.2) is 0 Å². The third-order valence-electron chi connectivity index (χ3n) is 4.82. The van der Waals surface area contributed by atoms with Crippen molar-refractivity contribution < 1.29 is 22.7 Å². The molecule has 33 heavy (non-hydrogen) atoms. The number of rotatable bonds is 6. The van der Waals surface area contributed by atoms with Crippen molar-refractivity contribution >= 4 is 17.7 Å². The first-order valence-electron chi connectivity index (χ1n) is 10.2. The Kier molecular flexibility index (Phi) is 7.09. The first-order chi connectivity index (χ1) is 15.3. The van der Waals surface area contributed by atoms with Crippen molar-refractivity contribution in [1.82, 2.24) is 9.47 Å². The number of nitrogens with two attached hydrogens (primary N) is 1. The Labute approximate surface area is 195 Å². The minimum absolute atomic E-state index is 0.128. The van der Waals surface area contributed by atoms with Crippen molar-refractivity contribution in [1.29, 1.82) is 0 Å². The lowest BCUT2D eigenvalue weighted by atomic mass is 10.1. The first kappa shape index (κ1) is 24.7. The van der Waals surface area contributed by atoms with Gasteiger partial charge in [0.25, 0.3) is 0 Å². The normalized spacial score (nSPS) is 12.0. The molecule has 2 N–H and O–H groups in total. The van der Waals surface area contributed by atoms with E-state index in [4.69, 9.17) is 22.1 Å². The summed E-state index contributed by atoms with van der Waals surface area (Å²) in [6, 6.07) is 15.9. The molecule has 0 spiro atoms. The van der Waals surface area contributed by atoms with Gasteiger partial charge in [-0.2, -0.15) is 13.2 Å². The average molecular weight is 480 g/mol. The van der Waals surface area contributed by atoms with Crippen LogP contribution >= 0.6 is 11.6 Å². The van der Waals surface area contributed by atoms with Gasteiger partial charge in [0, 0.05) is 29.7 Å². The van der Waals surface area contributed by atoms with Gasteiger partial charge >= 0.3 is 12.3 Å². The van der Waals surface area contributed by atoms with Crippen LogP contribution in [0, 0.1) is 0 Å². The standard InChI is InChI=1S/C24H25ClF3N3O2/c1-23(2,29)15-30(3)22(32)33-21-19(17-9-11-18(25)12-10-17)13-20(24(26,27)28)31(21)14-16-7-5-4-6-8-16/h4-13H,14-15,29H2,1-3H3. The van der Waals surface area contributed by atoms with Crippen LogP contribution in [0.15, 0.2) is 60.7 Å². The highest BCUT2D eigenvalue weighted by Crippen LogP contribution is 2.41. The molecule has 0 aliphatic carbocycles. The summed E-state index contributed by atoms with van der Waals surface area (Å²) >= 11 is 5.95. The van der Waals surface area contributed by atoms with E-state index in [1.165, 1.54) is 11.9 Å². The maximum absolute atomic E-state index is 14.0. The molecule has 0 radical (unpaired) electrons. The summed E-state index contributed by atoms with van der Waals surface area (Å²) in [6.07, 6.45) is -5.49. The molecule has 0 fully saturated rings. The topological polar surface area (TPSA) is 60.5 Å². The number of carbonyl (C=O) groups is 1. The highest BCUT2D eigenvalue weighted by molar-refractivity contribution is 6.30. The number of alkyl halides is 3. The van der Waals surface area contributed by atoms with Gasteiger partial charge in [-0.3, -0.25) is 0 Å². The van der Waals surface area contributed by atoms with Crippen molar-refractivity contribution in [2.45, 2.75) is 32.1 Å². The molecule has 0 saturated heterocycles. The van der Waals surface area contributed by atoms with Gasteiger partial charge in [-0.1, -0.05) is 54.1 Å². The highest BCUT2D eigenvalue weighted by atomic mass is 35.5. The Bertz CT molecular complexity index is 1100. The molecule has 0 unspecified atom stereocenters. The summed E-state index contributed by atoms with van der Waals surface area (Å²) in [7, 11) is 1.48. The van der Waals surface area contributed by atoms with Gasteiger partial charge in [-0.15, -0.1) is 0 Å². The smallest absolute Gasteiger partial charge is 0.392 e. The van der Waals surface area contributed by atoms with Crippen LogP contribution in [0.25, 0.3) is 11.1 Å². The van der Waals surface area contributed by atoms with E-state index in [9.17, 15) is 18.0 Å². The summed E-state index contributed by atoms with van der Waals surface area (Å²) in [5.41, 5.74) is 5.52. The maximum Gasteiger partial charge on any atom is 0.431 e. The highest BCUT2D eigenvalue weighted by Gasteiger charge is 2.38. The van der Waals surface area contributed by atoms with E-state index in [0.29, 0.717) is 16.1 Å². The van der Waals surface area contributed by atoms with Crippen LogP contribution in [0.5, 0.6) is 5.88 Å². The molecular formula is C24H25ClF3N3O2. The predicted molar refractivity (Wildman–Crippen MR) is 122 cm³/mol. The van der Waals surface area contributed by atoms with E-state index < -0.39 is 23.5 Å². The minimum atomic E-state index is -4.67. The van der Waals surface area contributed by atoms with E-state index in [0.717, 1.165) is 10.6 Å². The average Bonchev–Trinajstić information content (AvgIpc) is 3.06. The second-order valence-corrected chi connectivity index (χ2v) is 8.97. The van der Waals surface area contributed by atoms with Gasteiger partial charge < -0.3 is 19.9 Å². The van der Waals surface area contributed by atoms with Crippen LogP contribution in [-0.2, 0) is 12.7 Å². The predicted octanol–water partition coefficient (Wildman–Crippen LogP) is 6.04. The number of nitrogens with zero attached hydrogens (tertiary/aromatic N) is 2. The summed E-state index contributed by atoms with van der Waals surface area (Å²) < 4.78 is 48.6. The number of likely N-dealkylation sites (N-methyl/N-ethyl adjacent to an activating group) is 1. The van der Waals surface area contributed by atoms with Crippen molar-refractivity contribution in [2.24, 2.45) is 5.73 Å². The Balaban J connectivity index is 2.14. The second kappa shape index (κ2) is 9.49. The zero-order valence-electron chi connectivity index (χ0n) is 18.5. The van der Waals surface area contributed by atoms with E-state index in [1.54, 1.807) is 68.4 Å². The molecule has 1 heterocycles. The fraction of sp³-hybridized carbons (Fsp3) is 0.292. The molecule has 0 atom stereocenters. The summed E-state index contributed by atoms with van der Waals surface area (Å²) in [5, 5.41) is 0.432. The molecule has 5 nitrogen and oxygen atoms in total.